The molecule has 0 saturated heterocycles. The highest BCUT2D eigenvalue weighted by molar-refractivity contribution is 6.31. The molecule has 0 bridgehead atoms. The molecule has 4 heteroatoms. The lowest BCUT2D eigenvalue weighted by molar-refractivity contribution is 0.686. The number of pyridine rings is 1. The van der Waals surface area contributed by atoms with Crippen LogP contribution >= 0.6 is 11.6 Å². The van der Waals surface area contributed by atoms with Gasteiger partial charge in [-0.25, -0.2) is 4.98 Å². The summed E-state index contributed by atoms with van der Waals surface area (Å²) in [6.07, 6.45) is 8.42. The van der Waals surface area contributed by atoms with Crippen molar-refractivity contribution in [3.63, 3.8) is 0 Å². The van der Waals surface area contributed by atoms with Crippen LogP contribution < -0.4 is 10.2 Å². The Hall–Kier alpha value is -1.06. The van der Waals surface area contributed by atoms with Crippen LogP contribution in [0.3, 0.4) is 0 Å². The molecule has 1 N–H and O–H groups in total. The van der Waals surface area contributed by atoms with Gasteiger partial charge in [-0.15, -0.1) is 6.58 Å². The van der Waals surface area contributed by atoms with E-state index in [1.807, 2.05) is 6.08 Å². The molecule has 3 nitrogen and oxygen atoms in total. The van der Waals surface area contributed by atoms with E-state index in [1.165, 1.54) is 12.8 Å². The zero-order valence-electron chi connectivity index (χ0n) is 11.5. The summed E-state index contributed by atoms with van der Waals surface area (Å²) in [4.78, 5) is 6.57. The molecular formula is C15H22ClN3. The number of aromatic nitrogens is 1. The van der Waals surface area contributed by atoms with Crippen LogP contribution in [0.25, 0.3) is 0 Å². The third kappa shape index (κ3) is 4.51. The van der Waals surface area contributed by atoms with E-state index in [1.54, 1.807) is 6.20 Å². The van der Waals surface area contributed by atoms with Crippen molar-refractivity contribution in [3.05, 3.63) is 35.5 Å². The smallest absolute Gasteiger partial charge is 0.128 e. The maximum absolute atomic E-state index is 6.20. The van der Waals surface area contributed by atoms with Gasteiger partial charge in [-0.3, -0.25) is 0 Å². The molecule has 1 aromatic rings. The highest BCUT2D eigenvalue weighted by atomic mass is 35.5. The van der Waals surface area contributed by atoms with Crippen molar-refractivity contribution in [1.29, 1.82) is 0 Å². The number of nitrogens with one attached hydrogen (secondary N) is 1. The van der Waals surface area contributed by atoms with Gasteiger partial charge in [0.25, 0.3) is 0 Å². The molecule has 1 heterocycles. The van der Waals surface area contributed by atoms with Crippen LogP contribution in [0.1, 0.15) is 31.2 Å². The van der Waals surface area contributed by atoms with Crippen molar-refractivity contribution in [1.82, 2.24) is 10.3 Å². The number of hydrogen-bond donors (Lipinski definition) is 1. The zero-order valence-corrected chi connectivity index (χ0v) is 12.3. The summed E-state index contributed by atoms with van der Waals surface area (Å²) in [5, 5.41) is 4.23. The Balaban J connectivity index is 1.95. The lowest BCUT2D eigenvalue weighted by Crippen LogP contribution is -2.21. The van der Waals surface area contributed by atoms with Crippen molar-refractivity contribution >= 4 is 17.4 Å². The van der Waals surface area contributed by atoms with E-state index in [0.29, 0.717) is 6.04 Å². The molecule has 1 aliphatic carbocycles. The van der Waals surface area contributed by atoms with Crippen LogP contribution in [0.15, 0.2) is 24.9 Å². The summed E-state index contributed by atoms with van der Waals surface area (Å²) in [5.74, 6) is 0.987. The van der Waals surface area contributed by atoms with Gasteiger partial charge in [0.05, 0.1) is 5.02 Å². The highest BCUT2D eigenvalue weighted by Gasteiger charge is 2.20. The fraction of sp³-hybridized carbons (Fsp3) is 0.533. The zero-order chi connectivity index (χ0) is 13.7. The van der Waals surface area contributed by atoms with Crippen LogP contribution in [0.2, 0.25) is 5.02 Å². The minimum Gasteiger partial charge on any atom is -0.360 e. The van der Waals surface area contributed by atoms with E-state index in [4.69, 9.17) is 11.6 Å². The van der Waals surface area contributed by atoms with E-state index in [-0.39, 0.29) is 0 Å². The first-order valence-electron chi connectivity index (χ1n) is 6.90. The average Bonchev–Trinajstić information content (AvgIpc) is 3.22. The lowest BCUT2D eigenvalue weighted by atomic mass is 10.2. The van der Waals surface area contributed by atoms with Crippen LogP contribution in [-0.4, -0.2) is 24.6 Å². The van der Waals surface area contributed by atoms with Crippen LogP contribution in [0, 0.1) is 0 Å². The molecule has 0 atom stereocenters. The van der Waals surface area contributed by atoms with E-state index in [2.05, 4.69) is 34.9 Å². The van der Waals surface area contributed by atoms with Gasteiger partial charge in [-0.1, -0.05) is 17.7 Å². The van der Waals surface area contributed by atoms with Crippen molar-refractivity contribution < 1.29 is 0 Å². The fourth-order valence-corrected chi connectivity index (χ4v) is 2.11. The van der Waals surface area contributed by atoms with Gasteiger partial charge < -0.3 is 10.2 Å². The molecule has 0 unspecified atom stereocenters. The molecule has 1 saturated carbocycles. The summed E-state index contributed by atoms with van der Waals surface area (Å²) in [6, 6.07) is 2.78. The van der Waals surface area contributed by atoms with Gasteiger partial charge in [-0.2, -0.15) is 0 Å². The monoisotopic (exact) mass is 279 g/mol. The summed E-state index contributed by atoms with van der Waals surface area (Å²) < 4.78 is 0. The fourth-order valence-electron chi connectivity index (χ4n) is 1.94. The Morgan fingerprint density at radius 1 is 1.58 bits per heavy atom. The molecule has 19 heavy (non-hydrogen) atoms. The third-order valence-corrected chi connectivity index (χ3v) is 3.71. The second-order valence-electron chi connectivity index (χ2n) is 5.14. The van der Waals surface area contributed by atoms with Gasteiger partial charge in [0.2, 0.25) is 0 Å². The summed E-state index contributed by atoms with van der Waals surface area (Å²) in [6.45, 7) is 5.56. The van der Waals surface area contributed by atoms with E-state index < -0.39 is 0 Å². The standard InChI is InChI=1S/C15H22ClN3/c1-3-4-5-8-19(2)15-9-12(14(16)11-18-15)10-17-13-6-7-13/h3,9,11,13,17H,1,4-8,10H2,2H3. The quantitative estimate of drug-likeness (QED) is 0.584. The molecular weight excluding hydrogens is 258 g/mol. The van der Waals surface area contributed by atoms with Crippen molar-refractivity contribution in [2.24, 2.45) is 0 Å². The van der Waals surface area contributed by atoms with Crippen LogP contribution in [0.4, 0.5) is 5.82 Å². The SMILES string of the molecule is C=CCCCN(C)c1cc(CNC2CC2)c(Cl)cn1. The third-order valence-electron chi connectivity index (χ3n) is 3.37. The Bertz CT molecular complexity index is 429. The maximum Gasteiger partial charge on any atom is 0.128 e. The topological polar surface area (TPSA) is 28.2 Å². The van der Waals surface area contributed by atoms with Gasteiger partial charge in [0, 0.05) is 32.4 Å². The number of hydrogen-bond acceptors (Lipinski definition) is 3. The number of halogens is 1. The number of nitrogens with zero attached hydrogens (tertiary/aromatic N) is 2. The normalized spacial score (nSPS) is 14.4. The predicted octanol–water partition coefficient (Wildman–Crippen LogP) is 3.39. The second kappa shape index (κ2) is 6.92. The lowest BCUT2D eigenvalue weighted by Gasteiger charge is -2.19. The largest absolute Gasteiger partial charge is 0.360 e. The van der Waals surface area contributed by atoms with Crippen LogP contribution in [0.5, 0.6) is 0 Å². The minimum absolute atomic E-state index is 0.693. The molecule has 0 amide bonds. The molecule has 0 spiro atoms. The van der Waals surface area contributed by atoms with Gasteiger partial charge >= 0.3 is 0 Å². The molecule has 1 aromatic heterocycles. The molecule has 0 radical (unpaired) electrons. The van der Waals surface area contributed by atoms with Crippen LogP contribution in [-0.2, 0) is 6.54 Å². The summed E-state index contributed by atoms with van der Waals surface area (Å²) in [7, 11) is 2.07. The molecule has 104 valence electrons. The number of rotatable bonds is 8. The second-order valence-corrected chi connectivity index (χ2v) is 5.55. The molecule has 1 fully saturated rings. The van der Waals surface area contributed by atoms with E-state index in [0.717, 1.165) is 42.3 Å². The number of allylic oxidation sites excluding steroid dienone is 1. The predicted molar refractivity (Wildman–Crippen MR) is 81.8 cm³/mol. The first kappa shape index (κ1) is 14.4. The average molecular weight is 280 g/mol. The molecule has 2 rings (SSSR count). The Kier molecular flexibility index (Phi) is 5.23. The van der Waals surface area contributed by atoms with E-state index in [9.17, 15) is 0 Å². The minimum atomic E-state index is 0.693. The van der Waals surface area contributed by atoms with Crippen molar-refractivity contribution in [3.8, 4) is 0 Å². The molecule has 0 aliphatic heterocycles. The number of unbranched alkanes of at least 4 members (excludes halogenated alkanes) is 1. The first-order chi connectivity index (χ1) is 9.20. The summed E-state index contributed by atoms with van der Waals surface area (Å²) >= 11 is 6.20. The highest BCUT2D eigenvalue weighted by Crippen LogP contribution is 2.23. The Morgan fingerprint density at radius 3 is 3.05 bits per heavy atom. The maximum atomic E-state index is 6.20. The van der Waals surface area contributed by atoms with Crippen molar-refractivity contribution in [2.45, 2.75) is 38.3 Å². The Morgan fingerprint density at radius 2 is 2.37 bits per heavy atom. The number of anilines is 1. The van der Waals surface area contributed by atoms with Gasteiger partial charge in [0.15, 0.2) is 0 Å². The van der Waals surface area contributed by atoms with E-state index >= 15 is 0 Å². The van der Waals surface area contributed by atoms with Crippen molar-refractivity contribution in [2.75, 3.05) is 18.5 Å². The van der Waals surface area contributed by atoms with Gasteiger partial charge in [-0.05, 0) is 37.3 Å². The Labute approximate surface area is 120 Å². The van der Waals surface area contributed by atoms with Gasteiger partial charge in [0.1, 0.15) is 5.82 Å². The summed E-state index contributed by atoms with van der Waals surface area (Å²) in [5.41, 5.74) is 1.13. The first-order valence-corrected chi connectivity index (χ1v) is 7.28. The molecule has 1 aliphatic rings. The molecule has 0 aromatic carbocycles.